The van der Waals surface area contributed by atoms with Gasteiger partial charge in [0.05, 0.1) is 0 Å². The van der Waals surface area contributed by atoms with Crippen LogP contribution in [-0.4, -0.2) is 39.1 Å². The number of rotatable bonds is 6. The molecule has 0 aliphatic rings. The molecular formula is C22H25N7. The number of aromatic nitrogens is 4. The number of nitrogens with one attached hydrogen (secondary N) is 3. The molecule has 0 aliphatic heterocycles. The third-order valence-corrected chi connectivity index (χ3v) is 4.93. The fourth-order valence-electron chi connectivity index (χ4n) is 3.34. The van der Waals surface area contributed by atoms with E-state index in [0.717, 1.165) is 36.1 Å². The van der Waals surface area contributed by atoms with Crippen LogP contribution in [0.25, 0.3) is 16.7 Å². The van der Waals surface area contributed by atoms with Gasteiger partial charge in [0.2, 0.25) is 0 Å². The first kappa shape index (κ1) is 18.7. The van der Waals surface area contributed by atoms with E-state index < -0.39 is 0 Å². The highest BCUT2D eigenvalue weighted by atomic mass is 15.2. The van der Waals surface area contributed by atoms with Crippen LogP contribution >= 0.6 is 0 Å². The van der Waals surface area contributed by atoms with E-state index in [9.17, 15) is 0 Å². The third kappa shape index (κ3) is 4.29. The molecule has 7 heteroatoms. The van der Waals surface area contributed by atoms with Crippen molar-refractivity contribution < 1.29 is 0 Å². The van der Waals surface area contributed by atoms with Crippen LogP contribution in [0.4, 0.5) is 0 Å². The average Bonchev–Trinajstić information content (AvgIpc) is 3.37. The van der Waals surface area contributed by atoms with Gasteiger partial charge in [-0.25, -0.2) is 9.97 Å². The Morgan fingerprint density at radius 3 is 2.79 bits per heavy atom. The number of hydrogen-bond acceptors (Lipinski definition) is 3. The first-order valence-electron chi connectivity index (χ1n) is 9.69. The molecule has 0 radical (unpaired) electrons. The van der Waals surface area contributed by atoms with E-state index in [1.165, 1.54) is 16.5 Å². The van der Waals surface area contributed by atoms with E-state index in [2.05, 4.69) is 61.0 Å². The summed E-state index contributed by atoms with van der Waals surface area (Å²) in [6.07, 6.45) is 8.57. The number of aliphatic imine (C=N–C) groups is 1. The van der Waals surface area contributed by atoms with Gasteiger partial charge < -0.3 is 15.6 Å². The highest BCUT2D eigenvalue weighted by Gasteiger charge is 2.05. The second-order valence-corrected chi connectivity index (χ2v) is 6.83. The van der Waals surface area contributed by atoms with Gasteiger partial charge in [-0.1, -0.05) is 24.3 Å². The standard InChI is InChI=1S/C22H25N7/c1-16-24-11-12-29(16)21-8-7-17(13-27-21)14-28-22(23-2)25-10-9-18-15-26-20-6-4-3-5-19(18)20/h3-8,11-13,15,26H,9-10,14H2,1-2H3,(H2,23,25,28). The molecule has 1 aromatic carbocycles. The Morgan fingerprint density at radius 2 is 2.03 bits per heavy atom. The number of fused-ring (bicyclic) bond motifs is 1. The van der Waals surface area contributed by atoms with Crippen molar-refractivity contribution in [3.63, 3.8) is 0 Å². The molecule has 4 rings (SSSR count). The normalized spacial score (nSPS) is 11.7. The molecule has 148 valence electrons. The Labute approximate surface area is 169 Å². The molecule has 0 unspecified atom stereocenters. The molecule has 0 fully saturated rings. The van der Waals surface area contributed by atoms with E-state index in [1.807, 2.05) is 36.0 Å². The number of hydrogen-bond donors (Lipinski definition) is 3. The largest absolute Gasteiger partial charge is 0.361 e. The van der Waals surface area contributed by atoms with Crippen LogP contribution in [0, 0.1) is 6.92 Å². The Kier molecular flexibility index (Phi) is 5.56. The van der Waals surface area contributed by atoms with Gasteiger partial charge in [-0.2, -0.15) is 0 Å². The number of H-pyrrole nitrogens is 1. The summed E-state index contributed by atoms with van der Waals surface area (Å²) in [5.74, 6) is 2.56. The molecule has 0 spiro atoms. The predicted octanol–water partition coefficient (Wildman–Crippen LogP) is 2.96. The molecule has 4 aromatic rings. The second kappa shape index (κ2) is 8.60. The van der Waals surface area contributed by atoms with Gasteiger partial charge >= 0.3 is 0 Å². The zero-order chi connectivity index (χ0) is 20.1. The smallest absolute Gasteiger partial charge is 0.191 e. The lowest BCUT2D eigenvalue weighted by molar-refractivity contribution is 0.793. The lowest BCUT2D eigenvalue weighted by Crippen LogP contribution is -2.37. The fourth-order valence-corrected chi connectivity index (χ4v) is 3.34. The number of nitrogens with zero attached hydrogens (tertiary/aromatic N) is 4. The first-order valence-corrected chi connectivity index (χ1v) is 9.69. The van der Waals surface area contributed by atoms with Crippen molar-refractivity contribution in [2.45, 2.75) is 19.9 Å². The SMILES string of the molecule is CN=C(NCCc1c[nH]c2ccccc12)NCc1ccc(-n2ccnc2C)nc1. The quantitative estimate of drug-likeness (QED) is 0.351. The average molecular weight is 387 g/mol. The zero-order valence-electron chi connectivity index (χ0n) is 16.7. The number of para-hydroxylation sites is 1. The Morgan fingerprint density at radius 1 is 1.14 bits per heavy atom. The predicted molar refractivity (Wildman–Crippen MR) is 116 cm³/mol. The molecule has 3 heterocycles. The molecule has 0 aliphatic carbocycles. The third-order valence-electron chi connectivity index (χ3n) is 4.93. The minimum atomic E-state index is 0.656. The summed E-state index contributed by atoms with van der Waals surface area (Å²) in [7, 11) is 1.78. The summed E-state index contributed by atoms with van der Waals surface area (Å²) in [5, 5.41) is 7.99. The van der Waals surface area contributed by atoms with Crippen LogP contribution in [0.3, 0.4) is 0 Å². The summed E-state index contributed by atoms with van der Waals surface area (Å²) >= 11 is 0. The fraction of sp³-hybridized carbons (Fsp3) is 0.227. The first-order chi connectivity index (χ1) is 14.2. The molecule has 0 amide bonds. The van der Waals surface area contributed by atoms with E-state index in [4.69, 9.17) is 0 Å². The van der Waals surface area contributed by atoms with Crippen LogP contribution < -0.4 is 10.6 Å². The lowest BCUT2D eigenvalue weighted by atomic mass is 10.1. The molecule has 3 N–H and O–H groups in total. The highest BCUT2D eigenvalue weighted by Crippen LogP contribution is 2.17. The molecule has 0 saturated heterocycles. The molecule has 0 atom stereocenters. The van der Waals surface area contributed by atoms with Crippen molar-refractivity contribution in [2.24, 2.45) is 4.99 Å². The van der Waals surface area contributed by atoms with Gasteiger partial charge in [-0.15, -0.1) is 0 Å². The zero-order valence-corrected chi connectivity index (χ0v) is 16.7. The molecule has 0 bridgehead atoms. The molecule has 7 nitrogen and oxygen atoms in total. The summed E-state index contributed by atoms with van der Waals surface area (Å²) in [6.45, 7) is 3.42. The van der Waals surface area contributed by atoms with Crippen molar-refractivity contribution in [1.29, 1.82) is 0 Å². The molecule has 29 heavy (non-hydrogen) atoms. The number of aryl methyl sites for hydroxylation is 1. The van der Waals surface area contributed by atoms with Crippen molar-refractivity contribution in [3.8, 4) is 5.82 Å². The number of imidazole rings is 1. The maximum absolute atomic E-state index is 4.53. The van der Waals surface area contributed by atoms with E-state index in [-0.39, 0.29) is 0 Å². The highest BCUT2D eigenvalue weighted by molar-refractivity contribution is 5.83. The van der Waals surface area contributed by atoms with Crippen molar-refractivity contribution in [1.82, 2.24) is 30.2 Å². The number of guanidine groups is 1. The van der Waals surface area contributed by atoms with Crippen LogP contribution in [0.5, 0.6) is 0 Å². The Balaban J connectivity index is 1.29. The van der Waals surface area contributed by atoms with Gasteiger partial charge in [0.25, 0.3) is 0 Å². The summed E-state index contributed by atoms with van der Waals surface area (Å²) in [4.78, 5) is 16.4. The second-order valence-electron chi connectivity index (χ2n) is 6.83. The number of benzene rings is 1. The Bertz CT molecular complexity index is 1110. The molecule has 3 aromatic heterocycles. The van der Waals surface area contributed by atoms with E-state index >= 15 is 0 Å². The van der Waals surface area contributed by atoms with Crippen molar-refractivity contribution >= 4 is 16.9 Å². The number of aromatic amines is 1. The monoisotopic (exact) mass is 387 g/mol. The van der Waals surface area contributed by atoms with Crippen LogP contribution in [0.2, 0.25) is 0 Å². The van der Waals surface area contributed by atoms with Gasteiger partial charge in [0.1, 0.15) is 11.6 Å². The maximum atomic E-state index is 4.53. The Hall–Kier alpha value is -3.61. The minimum Gasteiger partial charge on any atom is -0.361 e. The van der Waals surface area contributed by atoms with Gasteiger partial charge in [0, 0.05) is 55.8 Å². The molecular weight excluding hydrogens is 362 g/mol. The summed E-state index contributed by atoms with van der Waals surface area (Å²) < 4.78 is 1.96. The molecule has 0 saturated carbocycles. The van der Waals surface area contributed by atoms with Gasteiger partial charge in [0.15, 0.2) is 5.96 Å². The summed E-state index contributed by atoms with van der Waals surface area (Å²) in [5.41, 5.74) is 3.57. The van der Waals surface area contributed by atoms with Crippen LogP contribution in [0.1, 0.15) is 17.0 Å². The van der Waals surface area contributed by atoms with Gasteiger partial charge in [-0.3, -0.25) is 9.56 Å². The van der Waals surface area contributed by atoms with Crippen molar-refractivity contribution in [2.75, 3.05) is 13.6 Å². The summed E-state index contributed by atoms with van der Waals surface area (Å²) in [6, 6.07) is 12.4. The minimum absolute atomic E-state index is 0.656. The number of pyridine rings is 1. The van der Waals surface area contributed by atoms with Gasteiger partial charge in [-0.05, 0) is 36.6 Å². The maximum Gasteiger partial charge on any atom is 0.191 e. The van der Waals surface area contributed by atoms with E-state index in [1.54, 1.807) is 13.2 Å². The van der Waals surface area contributed by atoms with E-state index in [0.29, 0.717) is 6.54 Å². The lowest BCUT2D eigenvalue weighted by Gasteiger charge is -2.12. The topological polar surface area (TPSA) is 82.9 Å². The van der Waals surface area contributed by atoms with Crippen LogP contribution in [0.15, 0.2) is 66.2 Å². The van der Waals surface area contributed by atoms with Crippen LogP contribution in [-0.2, 0) is 13.0 Å². The van der Waals surface area contributed by atoms with Crippen molar-refractivity contribution in [3.05, 3.63) is 78.1 Å².